The average Bonchev–Trinajstić information content (AvgIpc) is 3.49. The number of rotatable bonds is 11. The fourth-order valence-electron chi connectivity index (χ4n) is 4.91. The molecule has 3 heterocycles. The molecule has 0 radical (unpaired) electrons. The van der Waals surface area contributed by atoms with Crippen molar-refractivity contribution in [1.82, 2.24) is 19.6 Å². The second-order valence-electron chi connectivity index (χ2n) is 9.65. The van der Waals surface area contributed by atoms with Crippen molar-refractivity contribution in [2.45, 2.75) is 60.9 Å². The van der Waals surface area contributed by atoms with E-state index in [0.717, 1.165) is 11.1 Å². The Morgan fingerprint density at radius 1 is 1.05 bits per heavy atom. The van der Waals surface area contributed by atoms with Crippen LogP contribution >= 0.6 is 23.5 Å². The Labute approximate surface area is 246 Å². The highest BCUT2D eigenvalue weighted by atomic mass is 32.2. The first-order chi connectivity index (χ1) is 19.8. The van der Waals surface area contributed by atoms with E-state index in [0.29, 0.717) is 15.8 Å². The summed E-state index contributed by atoms with van der Waals surface area (Å²) in [4.78, 5) is 21.5. The summed E-state index contributed by atoms with van der Waals surface area (Å²) in [5, 5.41) is 5.58. The largest absolute Gasteiger partial charge is 0.423 e. The van der Waals surface area contributed by atoms with E-state index in [1.807, 2.05) is 73.2 Å². The summed E-state index contributed by atoms with van der Waals surface area (Å²) in [5.74, 6) is -2.97. The minimum atomic E-state index is -2.38. The minimum absolute atomic E-state index is 0.0191. The number of carbonyl (C=O) groups excluding carboxylic acids is 1. The lowest BCUT2D eigenvalue weighted by molar-refractivity contribution is -0.272. The summed E-state index contributed by atoms with van der Waals surface area (Å²) >= 11 is 2.70. The highest BCUT2D eigenvalue weighted by molar-refractivity contribution is 7.99. The summed E-state index contributed by atoms with van der Waals surface area (Å²) in [5.41, 5.74) is -0.0710. The van der Waals surface area contributed by atoms with Crippen LogP contribution in [0.1, 0.15) is 30.7 Å². The first-order valence-electron chi connectivity index (χ1n) is 13.0. The Morgan fingerprint density at radius 3 is 2.32 bits per heavy atom. The Morgan fingerprint density at radius 2 is 1.71 bits per heavy atom. The van der Waals surface area contributed by atoms with Gasteiger partial charge in [-0.2, -0.15) is 0 Å². The highest BCUT2D eigenvalue weighted by Gasteiger charge is 2.70. The van der Waals surface area contributed by atoms with E-state index in [9.17, 15) is 4.79 Å². The molecule has 1 aliphatic rings. The van der Waals surface area contributed by atoms with Crippen LogP contribution < -0.4 is 0 Å². The second-order valence-corrected chi connectivity index (χ2v) is 11.2. The Balaban J connectivity index is 1.56. The maximum absolute atomic E-state index is 17.4. The first kappa shape index (κ1) is 29.5. The van der Waals surface area contributed by atoms with Gasteiger partial charge in [-0.1, -0.05) is 72.4 Å². The predicted molar refractivity (Wildman–Crippen MR) is 153 cm³/mol. The van der Waals surface area contributed by atoms with Gasteiger partial charge in [0.1, 0.15) is 22.9 Å². The molecule has 1 fully saturated rings. The molecule has 1 saturated heterocycles. The van der Waals surface area contributed by atoms with Crippen molar-refractivity contribution in [2.24, 2.45) is 0 Å². The number of esters is 1. The van der Waals surface area contributed by atoms with Gasteiger partial charge in [-0.25, -0.2) is 18.9 Å². The van der Waals surface area contributed by atoms with E-state index in [2.05, 4.69) is 15.1 Å². The van der Waals surface area contributed by atoms with Gasteiger partial charge < -0.3 is 18.9 Å². The third-order valence-corrected chi connectivity index (χ3v) is 8.01. The normalized spacial score (nSPS) is 24.1. The number of thioether (sulfide) groups is 2. The standard InChI is InChI=1S/C29H31FN4O5S2/c1-19(35)38-29(23-15-31-25-26(40-3)32-27(41-4)33-34(23)25)28(2,30)24(37-17-21-13-9-6-10-14-21)22(39-29)18-36-16-20-11-7-5-8-12-20/h5-15,22,24H,16-18H2,1-4H3/t22-,24-,28-,29?/m1/s1. The molecule has 41 heavy (non-hydrogen) atoms. The lowest BCUT2D eigenvalue weighted by Crippen LogP contribution is -2.52. The minimum Gasteiger partial charge on any atom is -0.423 e. The van der Waals surface area contributed by atoms with E-state index in [1.54, 1.807) is 0 Å². The average molecular weight is 599 g/mol. The number of ether oxygens (including phenoxy) is 4. The Kier molecular flexibility index (Phi) is 8.95. The number of benzene rings is 2. The molecule has 2 aromatic carbocycles. The summed E-state index contributed by atoms with van der Waals surface area (Å²) in [6, 6.07) is 19.1. The zero-order valence-corrected chi connectivity index (χ0v) is 24.8. The molecule has 2 aromatic heterocycles. The fourth-order valence-corrected chi connectivity index (χ4v) is 5.82. The van der Waals surface area contributed by atoms with Crippen LogP contribution in [0, 0.1) is 0 Å². The van der Waals surface area contributed by atoms with Gasteiger partial charge in [-0.05, 0) is 30.6 Å². The van der Waals surface area contributed by atoms with Crippen LogP contribution in [0.15, 0.2) is 77.0 Å². The number of imidazole rings is 1. The molecule has 0 amide bonds. The molecule has 0 saturated carbocycles. The fraction of sp³-hybridized carbons (Fsp3) is 0.379. The molecule has 5 rings (SSSR count). The van der Waals surface area contributed by atoms with Crippen molar-refractivity contribution >= 4 is 35.1 Å². The molecule has 0 spiro atoms. The topological polar surface area (TPSA) is 97.1 Å². The number of halogens is 1. The maximum atomic E-state index is 17.4. The zero-order valence-electron chi connectivity index (χ0n) is 23.2. The molecule has 0 bridgehead atoms. The highest BCUT2D eigenvalue weighted by Crippen LogP contribution is 2.52. The molecule has 1 aliphatic heterocycles. The molecule has 9 nitrogen and oxygen atoms in total. The number of alkyl halides is 1. The number of nitrogens with zero attached hydrogens (tertiary/aromatic N) is 4. The predicted octanol–water partition coefficient (Wildman–Crippen LogP) is 5.21. The van der Waals surface area contributed by atoms with Crippen LogP contribution in [0.25, 0.3) is 5.65 Å². The van der Waals surface area contributed by atoms with E-state index in [1.165, 1.54) is 48.1 Å². The van der Waals surface area contributed by atoms with Crippen molar-refractivity contribution in [3.05, 3.63) is 83.7 Å². The molecular weight excluding hydrogens is 567 g/mol. The third-order valence-electron chi connectivity index (χ3n) is 6.81. The van der Waals surface area contributed by atoms with Gasteiger partial charge in [0, 0.05) is 6.92 Å². The zero-order chi connectivity index (χ0) is 29.0. The van der Waals surface area contributed by atoms with Gasteiger partial charge in [0.15, 0.2) is 5.65 Å². The number of fused-ring (bicyclic) bond motifs is 1. The van der Waals surface area contributed by atoms with Crippen molar-refractivity contribution in [1.29, 1.82) is 0 Å². The quantitative estimate of drug-likeness (QED) is 0.169. The summed E-state index contributed by atoms with van der Waals surface area (Å²) in [6.45, 7) is 2.90. The van der Waals surface area contributed by atoms with E-state index in [-0.39, 0.29) is 25.5 Å². The van der Waals surface area contributed by atoms with Crippen LogP contribution in [-0.4, -0.2) is 62.5 Å². The number of carbonyl (C=O) groups is 1. The molecule has 1 unspecified atom stereocenters. The molecule has 0 N–H and O–H groups in total. The van der Waals surface area contributed by atoms with Crippen LogP contribution in [0.4, 0.5) is 4.39 Å². The smallest absolute Gasteiger partial charge is 0.305 e. The van der Waals surface area contributed by atoms with Gasteiger partial charge in [0.2, 0.25) is 10.8 Å². The summed E-state index contributed by atoms with van der Waals surface area (Å²) < 4.78 is 43.3. The number of hydrogen-bond donors (Lipinski definition) is 0. The van der Waals surface area contributed by atoms with E-state index >= 15 is 4.39 Å². The van der Waals surface area contributed by atoms with Gasteiger partial charge in [-0.3, -0.25) is 4.79 Å². The number of aromatic nitrogens is 4. The van der Waals surface area contributed by atoms with E-state index in [4.69, 9.17) is 18.9 Å². The van der Waals surface area contributed by atoms with Crippen LogP contribution in [-0.2, 0) is 42.7 Å². The first-order valence-corrected chi connectivity index (χ1v) is 15.4. The SMILES string of the molecule is CSc1nc(SC)c2ncc(C3(OC(C)=O)O[C@H](COCc4ccccc4)[C@@H](OCc4ccccc4)[C@@]3(C)F)n2n1. The van der Waals surface area contributed by atoms with Gasteiger partial charge >= 0.3 is 5.97 Å². The number of hydrogen-bond acceptors (Lipinski definition) is 10. The summed E-state index contributed by atoms with van der Waals surface area (Å²) in [7, 11) is 0. The Hall–Kier alpha value is -3.03. The van der Waals surface area contributed by atoms with Gasteiger partial charge in [0.05, 0.1) is 26.0 Å². The molecule has 12 heteroatoms. The van der Waals surface area contributed by atoms with Gasteiger partial charge in [-0.15, -0.1) is 16.9 Å². The summed E-state index contributed by atoms with van der Waals surface area (Å²) in [6.07, 6.45) is 3.00. The van der Waals surface area contributed by atoms with Crippen LogP contribution in [0.5, 0.6) is 0 Å². The Bertz CT molecular complexity index is 1490. The molecule has 216 valence electrons. The third kappa shape index (κ3) is 5.84. The molecule has 4 aromatic rings. The van der Waals surface area contributed by atoms with Crippen molar-refractivity contribution in [2.75, 3.05) is 19.1 Å². The lowest BCUT2D eigenvalue weighted by Gasteiger charge is -2.36. The monoisotopic (exact) mass is 598 g/mol. The van der Waals surface area contributed by atoms with Crippen LogP contribution in [0.2, 0.25) is 0 Å². The van der Waals surface area contributed by atoms with Crippen molar-refractivity contribution in [3.8, 4) is 0 Å². The lowest BCUT2D eigenvalue weighted by atomic mass is 9.89. The van der Waals surface area contributed by atoms with Crippen molar-refractivity contribution in [3.63, 3.8) is 0 Å². The second kappa shape index (κ2) is 12.5. The van der Waals surface area contributed by atoms with Gasteiger partial charge in [0.25, 0.3) is 5.79 Å². The molecule has 4 atom stereocenters. The van der Waals surface area contributed by atoms with Crippen LogP contribution in [0.3, 0.4) is 0 Å². The molecule has 0 aliphatic carbocycles. The molecular formula is C29H31FN4O5S2. The maximum Gasteiger partial charge on any atom is 0.305 e. The van der Waals surface area contributed by atoms with E-state index < -0.39 is 29.6 Å². The van der Waals surface area contributed by atoms with Crippen molar-refractivity contribution < 1.29 is 28.1 Å².